The third-order valence-electron chi connectivity index (χ3n) is 2.65. The van der Waals surface area contributed by atoms with E-state index >= 15 is 0 Å². The van der Waals surface area contributed by atoms with Crippen molar-refractivity contribution in [3.63, 3.8) is 0 Å². The van der Waals surface area contributed by atoms with E-state index in [4.69, 9.17) is 10.8 Å². The zero-order chi connectivity index (χ0) is 12.8. The molecule has 0 unspecified atom stereocenters. The minimum Gasteiger partial charge on any atom is -0.480 e. The van der Waals surface area contributed by atoms with Crippen molar-refractivity contribution in [2.45, 2.75) is 37.8 Å². The van der Waals surface area contributed by atoms with Gasteiger partial charge in [0, 0.05) is 0 Å². The fourth-order valence-electron chi connectivity index (χ4n) is 1.75. The highest BCUT2D eigenvalue weighted by Gasteiger charge is 2.27. The van der Waals surface area contributed by atoms with Crippen molar-refractivity contribution in [1.29, 1.82) is 0 Å². The number of amides is 2. The SMILES string of the molecule is NC(=O)C[C@@H](NC(=O)[C@H]1CCCCN1)C(=O)O. The van der Waals surface area contributed by atoms with Crippen LogP contribution in [0, 0.1) is 0 Å². The summed E-state index contributed by atoms with van der Waals surface area (Å²) in [6.45, 7) is 0.742. The Kier molecular flexibility index (Phi) is 4.89. The van der Waals surface area contributed by atoms with Gasteiger partial charge in [0.25, 0.3) is 0 Å². The third kappa shape index (κ3) is 4.39. The summed E-state index contributed by atoms with van der Waals surface area (Å²) in [5.41, 5.74) is 4.92. The Bertz CT molecular complexity index is 313. The molecule has 1 fully saturated rings. The molecule has 2 amide bonds. The first-order valence-corrected chi connectivity index (χ1v) is 5.55. The highest BCUT2D eigenvalue weighted by molar-refractivity contribution is 5.90. The Balaban J connectivity index is 2.50. The van der Waals surface area contributed by atoms with Crippen LogP contribution in [-0.4, -0.2) is 41.5 Å². The van der Waals surface area contributed by atoms with Crippen molar-refractivity contribution in [3.05, 3.63) is 0 Å². The summed E-state index contributed by atoms with van der Waals surface area (Å²) in [7, 11) is 0. The van der Waals surface area contributed by atoms with Gasteiger partial charge in [0.15, 0.2) is 0 Å². The number of primary amides is 1. The molecule has 7 heteroatoms. The van der Waals surface area contributed by atoms with E-state index in [2.05, 4.69) is 10.6 Å². The molecule has 0 spiro atoms. The number of rotatable bonds is 5. The van der Waals surface area contributed by atoms with E-state index in [0.29, 0.717) is 6.42 Å². The topological polar surface area (TPSA) is 122 Å². The van der Waals surface area contributed by atoms with Crippen LogP contribution in [0.4, 0.5) is 0 Å². The maximum absolute atomic E-state index is 11.7. The van der Waals surface area contributed by atoms with Crippen LogP contribution in [0.1, 0.15) is 25.7 Å². The van der Waals surface area contributed by atoms with Crippen LogP contribution in [0.5, 0.6) is 0 Å². The highest BCUT2D eigenvalue weighted by Crippen LogP contribution is 2.07. The summed E-state index contributed by atoms with van der Waals surface area (Å²) in [5.74, 6) is -2.40. The van der Waals surface area contributed by atoms with Crippen LogP contribution in [-0.2, 0) is 14.4 Å². The van der Waals surface area contributed by atoms with Gasteiger partial charge in [-0.3, -0.25) is 9.59 Å². The number of nitrogens with two attached hydrogens (primary N) is 1. The molecule has 96 valence electrons. The smallest absolute Gasteiger partial charge is 0.326 e. The largest absolute Gasteiger partial charge is 0.480 e. The highest BCUT2D eigenvalue weighted by atomic mass is 16.4. The van der Waals surface area contributed by atoms with Crippen LogP contribution in [0.25, 0.3) is 0 Å². The minimum atomic E-state index is -1.26. The zero-order valence-corrected chi connectivity index (χ0v) is 9.44. The molecule has 1 heterocycles. The Labute approximate surface area is 98.7 Å². The fraction of sp³-hybridized carbons (Fsp3) is 0.700. The molecule has 1 rings (SSSR count). The van der Waals surface area contributed by atoms with Gasteiger partial charge in [-0.2, -0.15) is 0 Å². The summed E-state index contributed by atoms with van der Waals surface area (Å²) in [6, 6.07) is -1.62. The van der Waals surface area contributed by atoms with E-state index in [9.17, 15) is 14.4 Å². The Morgan fingerprint density at radius 3 is 2.59 bits per heavy atom. The lowest BCUT2D eigenvalue weighted by molar-refractivity contribution is -0.143. The van der Waals surface area contributed by atoms with Crippen molar-refractivity contribution in [2.24, 2.45) is 5.73 Å². The first-order chi connectivity index (χ1) is 8.00. The van der Waals surface area contributed by atoms with Crippen LogP contribution < -0.4 is 16.4 Å². The van der Waals surface area contributed by atoms with Gasteiger partial charge >= 0.3 is 5.97 Å². The normalized spacial score (nSPS) is 21.5. The number of carboxylic acids is 1. The summed E-state index contributed by atoms with van der Waals surface area (Å²) >= 11 is 0. The van der Waals surface area contributed by atoms with Crippen LogP contribution in [0.2, 0.25) is 0 Å². The number of nitrogens with one attached hydrogen (secondary N) is 2. The molecular formula is C10H17N3O4. The van der Waals surface area contributed by atoms with Gasteiger partial charge in [-0.1, -0.05) is 6.42 Å². The molecular weight excluding hydrogens is 226 g/mol. The summed E-state index contributed by atoms with van der Waals surface area (Å²) in [6.07, 6.45) is 2.22. The number of carboxylic acid groups (broad SMARTS) is 1. The quantitative estimate of drug-likeness (QED) is 0.472. The average molecular weight is 243 g/mol. The van der Waals surface area contributed by atoms with Crippen molar-refractivity contribution in [2.75, 3.05) is 6.54 Å². The molecule has 2 atom stereocenters. The van der Waals surface area contributed by atoms with E-state index in [-0.39, 0.29) is 6.04 Å². The molecule has 5 N–H and O–H groups in total. The minimum absolute atomic E-state index is 0.376. The van der Waals surface area contributed by atoms with Gasteiger partial charge in [-0.15, -0.1) is 0 Å². The molecule has 0 radical (unpaired) electrons. The predicted octanol–water partition coefficient (Wildman–Crippen LogP) is -1.43. The molecule has 0 aromatic rings. The first-order valence-electron chi connectivity index (χ1n) is 5.55. The number of aliphatic carboxylic acids is 1. The molecule has 17 heavy (non-hydrogen) atoms. The summed E-state index contributed by atoms with van der Waals surface area (Å²) in [4.78, 5) is 33.2. The number of piperidine rings is 1. The van der Waals surface area contributed by atoms with Gasteiger partial charge in [0.2, 0.25) is 11.8 Å². The molecule has 0 aromatic heterocycles. The summed E-state index contributed by atoms with van der Waals surface area (Å²) in [5, 5.41) is 14.1. The molecule has 0 aromatic carbocycles. The van der Waals surface area contributed by atoms with Crippen molar-refractivity contribution in [1.82, 2.24) is 10.6 Å². The second-order valence-electron chi connectivity index (χ2n) is 4.07. The van der Waals surface area contributed by atoms with Gasteiger partial charge in [-0.05, 0) is 19.4 Å². The van der Waals surface area contributed by atoms with Gasteiger partial charge in [0.05, 0.1) is 12.5 Å². The standard InChI is InChI=1S/C10H17N3O4/c11-8(14)5-7(10(16)17)13-9(15)6-3-1-2-4-12-6/h6-7,12H,1-5H2,(H2,11,14)(H,13,15)(H,16,17)/t6-,7-/m1/s1. The van der Waals surface area contributed by atoms with E-state index in [1.165, 1.54) is 0 Å². The predicted molar refractivity (Wildman–Crippen MR) is 59.0 cm³/mol. The Hall–Kier alpha value is -1.63. The first kappa shape index (κ1) is 13.4. The van der Waals surface area contributed by atoms with Crippen molar-refractivity contribution >= 4 is 17.8 Å². The van der Waals surface area contributed by atoms with Gasteiger partial charge in [-0.25, -0.2) is 4.79 Å². The number of carbonyl (C=O) groups is 3. The molecule has 1 saturated heterocycles. The summed E-state index contributed by atoms with van der Waals surface area (Å²) < 4.78 is 0. The molecule has 7 nitrogen and oxygen atoms in total. The second kappa shape index (κ2) is 6.19. The van der Waals surface area contributed by atoms with E-state index in [1.54, 1.807) is 0 Å². The fourth-order valence-corrected chi connectivity index (χ4v) is 1.75. The molecule has 0 aliphatic carbocycles. The molecule has 1 aliphatic rings. The number of carbonyl (C=O) groups excluding carboxylic acids is 2. The lowest BCUT2D eigenvalue weighted by Crippen LogP contribution is -2.52. The van der Waals surface area contributed by atoms with Crippen molar-refractivity contribution < 1.29 is 19.5 Å². The number of hydrogen-bond acceptors (Lipinski definition) is 4. The monoisotopic (exact) mass is 243 g/mol. The second-order valence-corrected chi connectivity index (χ2v) is 4.07. The zero-order valence-electron chi connectivity index (χ0n) is 9.44. The van der Waals surface area contributed by atoms with Crippen LogP contribution in [0.15, 0.2) is 0 Å². The lowest BCUT2D eigenvalue weighted by Gasteiger charge is -2.24. The maximum atomic E-state index is 11.7. The van der Waals surface area contributed by atoms with E-state index in [1.807, 2.05) is 0 Å². The van der Waals surface area contributed by atoms with Gasteiger partial charge in [0.1, 0.15) is 6.04 Å². The van der Waals surface area contributed by atoms with Crippen molar-refractivity contribution in [3.8, 4) is 0 Å². The maximum Gasteiger partial charge on any atom is 0.326 e. The van der Waals surface area contributed by atoms with E-state index < -0.39 is 30.2 Å². The molecule has 0 saturated carbocycles. The number of hydrogen-bond donors (Lipinski definition) is 4. The lowest BCUT2D eigenvalue weighted by atomic mass is 10.0. The van der Waals surface area contributed by atoms with Crippen LogP contribution in [0.3, 0.4) is 0 Å². The van der Waals surface area contributed by atoms with Crippen LogP contribution >= 0.6 is 0 Å². The van der Waals surface area contributed by atoms with Gasteiger partial charge < -0.3 is 21.5 Å². The molecule has 0 bridgehead atoms. The van der Waals surface area contributed by atoms with E-state index in [0.717, 1.165) is 19.4 Å². The third-order valence-corrected chi connectivity index (χ3v) is 2.65. The average Bonchev–Trinajstić information content (AvgIpc) is 2.28. The Morgan fingerprint density at radius 1 is 1.41 bits per heavy atom. The molecule has 1 aliphatic heterocycles. The Morgan fingerprint density at radius 2 is 2.12 bits per heavy atom.